The van der Waals surface area contributed by atoms with Gasteiger partial charge in [0.2, 0.25) is 11.7 Å². The molecule has 3 N–H and O–H groups in total. The molecule has 0 aliphatic carbocycles. The summed E-state index contributed by atoms with van der Waals surface area (Å²) in [5.74, 6) is 0.0881. The van der Waals surface area contributed by atoms with Gasteiger partial charge in [-0.2, -0.15) is 0 Å². The van der Waals surface area contributed by atoms with Gasteiger partial charge in [0.05, 0.1) is 6.42 Å². The lowest BCUT2D eigenvalue weighted by atomic mass is 10.1. The number of aromatic amines is 1. The number of aromatic nitrogens is 3. The third kappa shape index (κ3) is 3.19. The number of anilines is 1. The molecule has 0 aliphatic rings. The molecule has 7 nitrogen and oxygen atoms in total. The molecule has 2 aromatic rings. The smallest absolute Gasteiger partial charge is 0.295 e. The molecule has 0 atom stereocenters. The van der Waals surface area contributed by atoms with E-state index in [1.807, 2.05) is 6.07 Å². The molecule has 0 saturated heterocycles. The van der Waals surface area contributed by atoms with Gasteiger partial charge in [-0.3, -0.25) is 14.7 Å². The maximum atomic E-state index is 12.0. The van der Waals surface area contributed by atoms with Crippen molar-refractivity contribution in [1.29, 1.82) is 0 Å². The third-order valence-electron chi connectivity index (χ3n) is 2.70. The molecule has 20 heavy (non-hydrogen) atoms. The van der Waals surface area contributed by atoms with Gasteiger partial charge in [0.25, 0.3) is 5.91 Å². The van der Waals surface area contributed by atoms with Crippen LogP contribution in [0.3, 0.4) is 0 Å². The highest BCUT2D eigenvalue weighted by molar-refractivity contribution is 6.02. The van der Waals surface area contributed by atoms with E-state index in [0.717, 1.165) is 5.56 Å². The zero-order chi connectivity index (χ0) is 14.5. The predicted octanol–water partition coefficient (Wildman–Crippen LogP) is 0.654. The minimum absolute atomic E-state index is 0.0669. The second-order valence-electron chi connectivity index (χ2n) is 4.21. The summed E-state index contributed by atoms with van der Waals surface area (Å²) in [6, 6.07) is 7.11. The topological polar surface area (TPSA) is 99.8 Å². The summed E-state index contributed by atoms with van der Waals surface area (Å²) in [6.07, 6.45) is 0.194. The van der Waals surface area contributed by atoms with E-state index in [-0.39, 0.29) is 18.2 Å². The minimum Gasteiger partial charge on any atom is -0.359 e. The van der Waals surface area contributed by atoms with Crippen LogP contribution in [0.4, 0.5) is 5.69 Å². The van der Waals surface area contributed by atoms with Crippen molar-refractivity contribution in [3.05, 3.63) is 41.5 Å². The van der Waals surface area contributed by atoms with Crippen LogP contribution in [0.5, 0.6) is 0 Å². The number of aryl methyl sites for hydroxylation is 1. The molecule has 2 rings (SSSR count). The van der Waals surface area contributed by atoms with Gasteiger partial charge in [-0.1, -0.05) is 18.2 Å². The van der Waals surface area contributed by atoms with Crippen molar-refractivity contribution in [1.82, 2.24) is 20.5 Å². The average molecular weight is 273 g/mol. The standard InChI is InChI=1S/C13H15N5O2/c1-8-15-12(18-17-8)13(20)16-10-6-4-3-5-9(10)7-11(19)14-2/h3-6H,7H2,1-2H3,(H,14,19)(H,16,20)(H,15,17,18). The van der Waals surface area contributed by atoms with Crippen molar-refractivity contribution < 1.29 is 9.59 Å². The summed E-state index contributed by atoms with van der Waals surface area (Å²) in [5, 5.41) is 11.6. The highest BCUT2D eigenvalue weighted by atomic mass is 16.2. The number of rotatable bonds is 4. The van der Waals surface area contributed by atoms with Crippen molar-refractivity contribution in [3.8, 4) is 0 Å². The van der Waals surface area contributed by atoms with Crippen LogP contribution in [0.1, 0.15) is 22.0 Å². The molecular formula is C13H15N5O2. The number of carbonyl (C=O) groups is 2. The van der Waals surface area contributed by atoms with Crippen molar-refractivity contribution in [2.75, 3.05) is 12.4 Å². The predicted molar refractivity (Wildman–Crippen MR) is 73.3 cm³/mol. The maximum Gasteiger partial charge on any atom is 0.295 e. The Bertz CT molecular complexity index is 635. The number of benzene rings is 1. The number of nitrogens with one attached hydrogen (secondary N) is 3. The van der Waals surface area contributed by atoms with Crippen molar-refractivity contribution in [2.24, 2.45) is 0 Å². The highest BCUT2D eigenvalue weighted by Gasteiger charge is 2.14. The monoisotopic (exact) mass is 273 g/mol. The second-order valence-corrected chi connectivity index (χ2v) is 4.21. The Kier molecular flexibility index (Phi) is 4.09. The molecule has 104 valence electrons. The van der Waals surface area contributed by atoms with Gasteiger partial charge in [0, 0.05) is 12.7 Å². The molecule has 1 aromatic carbocycles. The van der Waals surface area contributed by atoms with Crippen LogP contribution in [0.25, 0.3) is 0 Å². The number of hydrogen-bond donors (Lipinski definition) is 3. The van der Waals surface area contributed by atoms with Crippen LogP contribution in [0.2, 0.25) is 0 Å². The Morgan fingerprint density at radius 3 is 2.70 bits per heavy atom. The van der Waals surface area contributed by atoms with Gasteiger partial charge in [-0.05, 0) is 18.6 Å². The first kappa shape index (κ1) is 13.7. The fraction of sp³-hybridized carbons (Fsp3) is 0.231. The normalized spacial score (nSPS) is 10.1. The summed E-state index contributed by atoms with van der Waals surface area (Å²) < 4.78 is 0. The molecular weight excluding hydrogens is 258 g/mol. The largest absolute Gasteiger partial charge is 0.359 e. The number of nitrogens with zero attached hydrogens (tertiary/aromatic N) is 2. The first-order valence-corrected chi connectivity index (χ1v) is 6.09. The Hall–Kier alpha value is -2.70. The second kappa shape index (κ2) is 5.96. The molecule has 0 unspecified atom stereocenters. The molecule has 1 heterocycles. The third-order valence-corrected chi connectivity index (χ3v) is 2.70. The van der Waals surface area contributed by atoms with Gasteiger partial charge in [0.1, 0.15) is 5.82 Å². The first-order valence-electron chi connectivity index (χ1n) is 6.09. The van der Waals surface area contributed by atoms with Gasteiger partial charge < -0.3 is 10.6 Å². The summed E-state index contributed by atoms with van der Waals surface area (Å²) in [5.41, 5.74) is 1.30. The summed E-state index contributed by atoms with van der Waals surface area (Å²) in [6.45, 7) is 1.71. The van der Waals surface area contributed by atoms with Crippen LogP contribution in [0, 0.1) is 6.92 Å². The number of likely N-dealkylation sites (N-methyl/N-ethyl adjacent to an activating group) is 1. The number of carbonyl (C=O) groups excluding carboxylic acids is 2. The lowest BCUT2D eigenvalue weighted by Crippen LogP contribution is -2.21. The molecule has 0 saturated carbocycles. The van der Waals surface area contributed by atoms with Gasteiger partial charge in [0.15, 0.2) is 0 Å². The molecule has 2 amide bonds. The zero-order valence-corrected chi connectivity index (χ0v) is 11.2. The van der Waals surface area contributed by atoms with E-state index in [9.17, 15) is 9.59 Å². The average Bonchev–Trinajstić information content (AvgIpc) is 2.87. The molecule has 0 spiro atoms. The van der Waals surface area contributed by atoms with Gasteiger partial charge in [-0.25, -0.2) is 4.98 Å². The maximum absolute atomic E-state index is 12.0. The van der Waals surface area contributed by atoms with E-state index in [1.165, 1.54) is 0 Å². The van der Waals surface area contributed by atoms with Crippen LogP contribution in [-0.4, -0.2) is 34.0 Å². The SMILES string of the molecule is CNC(=O)Cc1ccccc1NC(=O)c1n[nH]c(C)n1. The number of amides is 2. The zero-order valence-electron chi connectivity index (χ0n) is 11.2. The summed E-state index contributed by atoms with van der Waals surface area (Å²) >= 11 is 0. The Balaban J connectivity index is 2.16. The number of H-pyrrole nitrogens is 1. The van der Waals surface area contributed by atoms with Gasteiger partial charge >= 0.3 is 0 Å². The highest BCUT2D eigenvalue weighted by Crippen LogP contribution is 2.16. The Morgan fingerprint density at radius 2 is 2.05 bits per heavy atom. The fourth-order valence-electron chi connectivity index (χ4n) is 1.68. The van der Waals surface area contributed by atoms with Crippen molar-refractivity contribution >= 4 is 17.5 Å². The molecule has 1 aromatic heterocycles. The lowest BCUT2D eigenvalue weighted by molar-refractivity contribution is -0.119. The molecule has 0 radical (unpaired) electrons. The quantitative estimate of drug-likeness (QED) is 0.761. The molecule has 0 aliphatic heterocycles. The van der Waals surface area contributed by atoms with Crippen LogP contribution in [0.15, 0.2) is 24.3 Å². The number of hydrogen-bond acceptors (Lipinski definition) is 4. The van der Waals surface area contributed by atoms with E-state index in [1.54, 1.807) is 32.2 Å². The first-order chi connectivity index (χ1) is 9.60. The van der Waals surface area contributed by atoms with E-state index < -0.39 is 5.91 Å². The van der Waals surface area contributed by atoms with Crippen molar-refractivity contribution in [3.63, 3.8) is 0 Å². The Labute approximate surface area is 115 Å². The summed E-state index contributed by atoms with van der Waals surface area (Å²) in [4.78, 5) is 27.4. The molecule has 0 bridgehead atoms. The summed E-state index contributed by atoms with van der Waals surface area (Å²) in [7, 11) is 1.57. The Morgan fingerprint density at radius 1 is 1.30 bits per heavy atom. The molecule has 0 fully saturated rings. The van der Waals surface area contributed by atoms with E-state index in [4.69, 9.17) is 0 Å². The van der Waals surface area contributed by atoms with E-state index >= 15 is 0 Å². The fourth-order valence-corrected chi connectivity index (χ4v) is 1.68. The van der Waals surface area contributed by atoms with E-state index in [0.29, 0.717) is 11.5 Å². The minimum atomic E-state index is -0.418. The number of para-hydroxylation sites is 1. The van der Waals surface area contributed by atoms with Crippen LogP contribution < -0.4 is 10.6 Å². The van der Waals surface area contributed by atoms with Crippen molar-refractivity contribution in [2.45, 2.75) is 13.3 Å². The van der Waals surface area contributed by atoms with Crippen LogP contribution >= 0.6 is 0 Å². The molecule has 7 heteroatoms. The lowest BCUT2D eigenvalue weighted by Gasteiger charge is -2.09. The van der Waals surface area contributed by atoms with Gasteiger partial charge in [-0.15, -0.1) is 5.10 Å². The van der Waals surface area contributed by atoms with E-state index in [2.05, 4.69) is 25.8 Å². The van der Waals surface area contributed by atoms with Crippen LogP contribution in [-0.2, 0) is 11.2 Å².